The van der Waals surface area contributed by atoms with Crippen LogP contribution in [-0.2, 0) is 6.42 Å². The molecule has 2 N–H and O–H groups in total. The van der Waals surface area contributed by atoms with Crippen LogP contribution in [0.25, 0.3) is 0 Å². The Morgan fingerprint density at radius 3 is 2.74 bits per heavy atom. The molecule has 6 heteroatoms. The number of nitrogens with one attached hydrogen (secondary N) is 2. The number of H-pyrrole nitrogens is 1. The van der Waals surface area contributed by atoms with Gasteiger partial charge in [0.15, 0.2) is 0 Å². The SMILES string of the molecule is Cc1cc(C(=O)NC(Cc2cc(=O)[nH]c(C3CC3)n2)c2ccccc2)cs1. The number of aryl methyl sites for hydroxylation is 1. The highest BCUT2D eigenvalue weighted by atomic mass is 32.1. The maximum atomic E-state index is 12.7. The average molecular weight is 379 g/mol. The van der Waals surface area contributed by atoms with Gasteiger partial charge >= 0.3 is 0 Å². The third-order valence-corrected chi connectivity index (χ3v) is 5.55. The van der Waals surface area contributed by atoms with Crippen LogP contribution in [-0.4, -0.2) is 15.9 Å². The highest BCUT2D eigenvalue weighted by Gasteiger charge is 2.27. The van der Waals surface area contributed by atoms with E-state index in [1.54, 1.807) is 11.3 Å². The summed E-state index contributed by atoms with van der Waals surface area (Å²) in [6, 6.07) is 13.0. The normalized spacial score (nSPS) is 14.7. The highest BCUT2D eigenvalue weighted by molar-refractivity contribution is 7.10. The second-order valence-electron chi connectivity index (χ2n) is 6.98. The summed E-state index contributed by atoms with van der Waals surface area (Å²) < 4.78 is 0. The van der Waals surface area contributed by atoms with E-state index in [2.05, 4.69) is 15.3 Å². The van der Waals surface area contributed by atoms with Crippen molar-refractivity contribution in [2.24, 2.45) is 0 Å². The quantitative estimate of drug-likeness (QED) is 0.685. The molecule has 138 valence electrons. The van der Waals surface area contributed by atoms with E-state index in [4.69, 9.17) is 0 Å². The van der Waals surface area contributed by atoms with Crippen LogP contribution in [0.15, 0.2) is 52.6 Å². The topological polar surface area (TPSA) is 74.8 Å². The van der Waals surface area contributed by atoms with Crippen LogP contribution >= 0.6 is 11.3 Å². The lowest BCUT2D eigenvalue weighted by Crippen LogP contribution is -2.30. The summed E-state index contributed by atoms with van der Waals surface area (Å²) >= 11 is 1.56. The smallest absolute Gasteiger partial charge is 0.252 e. The van der Waals surface area contributed by atoms with Crippen LogP contribution in [0, 0.1) is 6.92 Å². The number of aromatic amines is 1. The van der Waals surface area contributed by atoms with Crippen LogP contribution < -0.4 is 10.9 Å². The van der Waals surface area contributed by atoms with E-state index in [-0.39, 0.29) is 17.5 Å². The first kappa shape index (κ1) is 17.7. The predicted octanol–water partition coefficient (Wildman–Crippen LogP) is 3.73. The zero-order valence-electron chi connectivity index (χ0n) is 15.1. The third-order valence-electron chi connectivity index (χ3n) is 4.69. The van der Waals surface area contributed by atoms with Crippen molar-refractivity contribution < 1.29 is 4.79 Å². The van der Waals surface area contributed by atoms with Gasteiger partial charge in [0.25, 0.3) is 11.5 Å². The molecule has 1 saturated carbocycles. The van der Waals surface area contributed by atoms with E-state index in [0.717, 1.165) is 29.1 Å². The molecule has 1 atom stereocenters. The van der Waals surface area contributed by atoms with Crippen molar-refractivity contribution in [1.82, 2.24) is 15.3 Å². The highest BCUT2D eigenvalue weighted by Crippen LogP contribution is 2.37. The molecule has 0 aliphatic heterocycles. The molecule has 2 heterocycles. The zero-order valence-corrected chi connectivity index (χ0v) is 15.9. The number of amides is 1. The molecule has 27 heavy (non-hydrogen) atoms. The Morgan fingerprint density at radius 1 is 1.30 bits per heavy atom. The van der Waals surface area contributed by atoms with Gasteiger partial charge in [0.05, 0.1) is 17.3 Å². The van der Waals surface area contributed by atoms with Crippen molar-refractivity contribution >= 4 is 17.2 Å². The fourth-order valence-electron chi connectivity index (χ4n) is 3.13. The van der Waals surface area contributed by atoms with Crippen LogP contribution in [0.4, 0.5) is 0 Å². The van der Waals surface area contributed by atoms with E-state index >= 15 is 0 Å². The second kappa shape index (κ2) is 7.48. The molecule has 3 aromatic rings. The minimum Gasteiger partial charge on any atom is -0.345 e. The summed E-state index contributed by atoms with van der Waals surface area (Å²) in [6.07, 6.45) is 2.62. The van der Waals surface area contributed by atoms with Crippen LogP contribution in [0.3, 0.4) is 0 Å². The first-order valence-corrected chi connectivity index (χ1v) is 9.97. The molecule has 1 aliphatic carbocycles. The fourth-order valence-corrected chi connectivity index (χ4v) is 3.82. The summed E-state index contributed by atoms with van der Waals surface area (Å²) in [5.41, 5.74) is 2.23. The molecule has 1 aromatic carbocycles. The summed E-state index contributed by atoms with van der Waals surface area (Å²) in [6.45, 7) is 1.98. The number of thiophene rings is 1. The zero-order chi connectivity index (χ0) is 18.8. The number of nitrogens with zero attached hydrogens (tertiary/aromatic N) is 1. The monoisotopic (exact) mass is 379 g/mol. The average Bonchev–Trinajstić information content (AvgIpc) is 3.42. The maximum absolute atomic E-state index is 12.7. The molecular formula is C21H21N3O2S. The van der Waals surface area contributed by atoms with Crippen molar-refractivity contribution in [3.8, 4) is 0 Å². The molecule has 2 aromatic heterocycles. The van der Waals surface area contributed by atoms with E-state index in [1.807, 2.05) is 48.7 Å². The largest absolute Gasteiger partial charge is 0.345 e. The predicted molar refractivity (Wildman–Crippen MR) is 106 cm³/mol. The van der Waals surface area contributed by atoms with Crippen LogP contribution in [0.5, 0.6) is 0 Å². The number of benzene rings is 1. The van der Waals surface area contributed by atoms with E-state index < -0.39 is 0 Å². The van der Waals surface area contributed by atoms with Gasteiger partial charge in [0.2, 0.25) is 0 Å². The van der Waals surface area contributed by atoms with Gasteiger partial charge in [0.1, 0.15) is 5.82 Å². The van der Waals surface area contributed by atoms with Gasteiger partial charge in [-0.3, -0.25) is 9.59 Å². The summed E-state index contributed by atoms with van der Waals surface area (Å²) in [4.78, 5) is 33.3. The van der Waals surface area contributed by atoms with Gasteiger partial charge in [-0.15, -0.1) is 11.3 Å². The fraction of sp³-hybridized carbons (Fsp3) is 0.286. The Kier molecular flexibility index (Phi) is 4.90. The molecule has 5 nitrogen and oxygen atoms in total. The molecule has 1 aliphatic rings. The molecular weight excluding hydrogens is 358 g/mol. The summed E-state index contributed by atoms with van der Waals surface area (Å²) in [7, 11) is 0. The first-order chi connectivity index (χ1) is 13.1. The van der Waals surface area contributed by atoms with Gasteiger partial charge in [0, 0.05) is 28.7 Å². The molecule has 1 unspecified atom stereocenters. The molecule has 0 spiro atoms. The van der Waals surface area contributed by atoms with Crippen LogP contribution in [0.1, 0.15) is 57.1 Å². The van der Waals surface area contributed by atoms with Crippen LogP contribution in [0.2, 0.25) is 0 Å². The van der Waals surface area contributed by atoms with Crippen molar-refractivity contribution in [2.45, 2.75) is 38.1 Å². The number of aromatic nitrogens is 2. The minimum atomic E-state index is -0.250. The standard InChI is InChI=1S/C21H21N3O2S/c1-13-9-16(12-27-13)21(26)23-18(14-5-3-2-4-6-14)10-17-11-19(25)24-20(22-17)15-7-8-15/h2-6,9,11-12,15,18H,7-8,10H2,1H3,(H,23,26)(H,22,24,25). The Hall–Kier alpha value is -2.73. The van der Waals surface area contributed by atoms with Gasteiger partial charge in [-0.1, -0.05) is 30.3 Å². The third kappa shape index (κ3) is 4.34. The maximum Gasteiger partial charge on any atom is 0.252 e. The molecule has 1 fully saturated rings. The van der Waals surface area contributed by atoms with E-state index in [9.17, 15) is 9.59 Å². The van der Waals surface area contributed by atoms with Crippen molar-refractivity contribution in [1.29, 1.82) is 0 Å². The summed E-state index contributed by atoms with van der Waals surface area (Å²) in [5, 5.41) is 4.98. The number of carbonyl (C=O) groups excluding carboxylic acids is 1. The van der Waals surface area contributed by atoms with E-state index in [1.165, 1.54) is 6.07 Å². The number of carbonyl (C=O) groups is 1. The lowest BCUT2D eigenvalue weighted by atomic mass is 10.0. The molecule has 0 bridgehead atoms. The molecule has 0 saturated heterocycles. The van der Waals surface area contributed by atoms with E-state index in [0.29, 0.717) is 23.6 Å². The van der Waals surface area contributed by atoms with Gasteiger partial charge in [-0.05, 0) is 31.4 Å². The Bertz CT molecular complexity index is 1010. The Morgan fingerprint density at radius 2 is 2.07 bits per heavy atom. The molecule has 1 amide bonds. The lowest BCUT2D eigenvalue weighted by Gasteiger charge is -2.19. The number of hydrogen-bond donors (Lipinski definition) is 2. The minimum absolute atomic E-state index is 0.111. The van der Waals surface area contributed by atoms with Crippen molar-refractivity contribution in [3.05, 3.63) is 85.7 Å². The molecule has 0 radical (unpaired) electrons. The van der Waals surface area contributed by atoms with Crippen molar-refractivity contribution in [3.63, 3.8) is 0 Å². The number of hydrogen-bond acceptors (Lipinski definition) is 4. The first-order valence-electron chi connectivity index (χ1n) is 9.09. The summed E-state index contributed by atoms with van der Waals surface area (Å²) in [5.74, 6) is 1.03. The van der Waals surface area contributed by atoms with Gasteiger partial charge < -0.3 is 10.3 Å². The Balaban J connectivity index is 1.60. The number of rotatable bonds is 6. The van der Waals surface area contributed by atoms with Gasteiger partial charge in [-0.25, -0.2) is 4.98 Å². The second-order valence-corrected chi connectivity index (χ2v) is 8.10. The molecule has 4 rings (SSSR count). The lowest BCUT2D eigenvalue weighted by molar-refractivity contribution is 0.0936. The van der Waals surface area contributed by atoms with Gasteiger partial charge in [-0.2, -0.15) is 0 Å². The Labute approximate surface area is 161 Å². The van der Waals surface area contributed by atoms with Crippen molar-refractivity contribution in [2.75, 3.05) is 0 Å².